The van der Waals surface area contributed by atoms with E-state index < -0.39 is 0 Å². The van der Waals surface area contributed by atoms with Crippen LogP contribution in [0.5, 0.6) is 0 Å². The molecular formula is C15H22Cl2SiZr-2. The van der Waals surface area contributed by atoms with Crippen LogP contribution in [0.15, 0.2) is 35.5 Å². The van der Waals surface area contributed by atoms with Gasteiger partial charge in [-0.2, -0.15) is 12.2 Å². The van der Waals surface area contributed by atoms with Gasteiger partial charge in [-0.05, 0) is 0 Å². The fraction of sp³-hybridized carbons (Fsp3) is 0.467. The smallest absolute Gasteiger partial charge is 0.109 e. The van der Waals surface area contributed by atoms with E-state index in [-0.39, 0.29) is 30.2 Å². The van der Waals surface area contributed by atoms with E-state index in [9.17, 15) is 0 Å². The zero-order valence-corrected chi connectivity index (χ0v) is 17.3. The summed E-state index contributed by atoms with van der Waals surface area (Å²) in [6.07, 6.45) is 15.5. The van der Waals surface area contributed by atoms with E-state index in [1.807, 2.05) is 12.2 Å². The van der Waals surface area contributed by atoms with Gasteiger partial charge < -0.3 is 24.8 Å². The first kappa shape index (κ1) is 24.6. The molecule has 2 aliphatic rings. The second-order valence-electron chi connectivity index (χ2n) is 4.41. The van der Waals surface area contributed by atoms with Crippen LogP contribution in [-0.2, 0) is 23.3 Å². The summed E-state index contributed by atoms with van der Waals surface area (Å²) in [6.45, 7) is 11.0. The number of hydrogen-bond acceptors (Lipinski definition) is 0. The SMILES string of the molecule is CC1=[C-]C(C)C=C1C.C[Si](C)=[Zr+2].[C-]1=CC=CC1.[Cl-].[Cl-]. The molecule has 0 aromatic rings. The second-order valence-corrected chi connectivity index (χ2v) is 13.8. The van der Waals surface area contributed by atoms with Crippen molar-refractivity contribution in [3.8, 4) is 0 Å². The van der Waals surface area contributed by atoms with E-state index in [4.69, 9.17) is 0 Å². The van der Waals surface area contributed by atoms with E-state index in [1.54, 1.807) is 23.3 Å². The number of rotatable bonds is 0. The average molecular weight is 393 g/mol. The molecule has 19 heavy (non-hydrogen) atoms. The summed E-state index contributed by atoms with van der Waals surface area (Å²) in [5.41, 5.74) is 2.91. The molecule has 106 valence electrons. The van der Waals surface area contributed by atoms with E-state index in [2.05, 4.69) is 58.2 Å². The molecule has 0 spiro atoms. The molecule has 0 aliphatic heterocycles. The van der Waals surface area contributed by atoms with Gasteiger partial charge >= 0.3 is 41.9 Å². The van der Waals surface area contributed by atoms with Crippen molar-refractivity contribution >= 4 is 5.43 Å². The van der Waals surface area contributed by atoms with Gasteiger partial charge in [-0.15, -0.1) is 13.3 Å². The fourth-order valence-electron chi connectivity index (χ4n) is 1.34. The second kappa shape index (κ2) is 15.0. The minimum Gasteiger partial charge on any atom is -1.00 e. The molecule has 0 aromatic heterocycles. The molecule has 0 bridgehead atoms. The summed E-state index contributed by atoms with van der Waals surface area (Å²) < 4.78 is 0. The molecule has 1 atom stereocenters. The summed E-state index contributed by atoms with van der Waals surface area (Å²) in [6, 6.07) is 0. The van der Waals surface area contributed by atoms with Gasteiger partial charge in [0.05, 0.1) is 0 Å². The molecule has 0 heterocycles. The van der Waals surface area contributed by atoms with Crippen molar-refractivity contribution in [3.63, 3.8) is 0 Å². The van der Waals surface area contributed by atoms with Crippen molar-refractivity contribution in [1.82, 2.24) is 0 Å². The quantitative estimate of drug-likeness (QED) is 0.345. The van der Waals surface area contributed by atoms with Crippen molar-refractivity contribution in [1.29, 1.82) is 0 Å². The van der Waals surface area contributed by atoms with Gasteiger partial charge in [0.15, 0.2) is 0 Å². The molecule has 0 fully saturated rings. The number of allylic oxidation sites excluding steroid dienone is 8. The molecular weight excluding hydrogens is 370 g/mol. The minimum atomic E-state index is 0. The van der Waals surface area contributed by atoms with Crippen LogP contribution in [0.3, 0.4) is 0 Å². The van der Waals surface area contributed by atoms with Crippen molar-refractivity contribution in [3.05, 3.63) is 47.6 Å². The summed E-state index contributed by atoms with van der Waals surface area (Å²) in [4.78, 5) is 0. The van der Waals surface area contributed by atoms with Crippen molar-refractivity contribution in [2.75, 3.05) is 0 Å². The summed E-state index contributed by atoms with van der Waals surface area (Å²) in [5.74, 6) is 0.551. The Morgan fingerprint density at radius 1 is 1.26 bits per heavy atom. The summed E-state index contributed by atoms with van der Waals surface area (Å²) in [5, 5.41) is 0. The van der Waals surface area contributed by atoms with Crippen LogP contribution in [0, 0.1) is 18.1 Å². The van der Waals surface area contributed by atoms with E-state index in [0.29, 0.717) is 5.92 Å². The van der Waals surface area contributed by atoms with Gasteiger partial charge in [-0.25, -0.2) is 23.3 Å². The third-order valence-electron chi connectivity index (χ3n) is 2.12. The molecule has 0 saturated carbocycles. The monoisotopic (exact) mass is 390 g/mol. The van der Waals surface area contributed by atoms with Gasteiger partial charge in [-0.3, -0.25) is 12.2 Å². The molecule has 0 nitrogen and oxygen atoms in total. The van der Waals surface area contributed by atoms with Crippen molar-refractivity contribution in [2.24, 2.45) is 5.92 Å². The largest absolute Gasteiger partial charge is 1.00 e. The van der Waals surface area contributed by atoms with Crippen LogP contribution in [-0.4, -0.2) is 5.43 Å². The first-order chi connectivity index (χ1) is 7.93. The Morgan fingerprint density at radius 2 is 1.79 bits per heavy atom. The summed E-state index contributed by atoms with van der Waals surface area (Å²) >= 11 is 1.74. The van der Waals surface area contributed by atoms with Gasteiger partial charge in [0.1, 0.15) is 0 Å². The maximum Gasteiger partial charge on any atom is -0.109 e. The van der Waals surface area contributed by atoms with Crippen LogP contribution < -0.4 is 24.8 Å². The third kappa shape index (κ3) is 16.6. The first-order valence-electron chi connectivity index (χ1n) is 5.96. The van der Waals surface area contributed by atoms with Gasteiger partial charge in [-0.1, -0.05) is 19.8 Å². The Morgan fingerprint density at radius 3 is 1.89 bits per heavy atom. The van der Waals surface area contributed by atoms with Crippen LogP contribution in [0.2, 0.25) is 13.1 Å². The van der Waals surface area contributed by atoms with E-state index in [1.165, 1.54) is 11.1 Å². The predicted molar refractivity (Wildman–Crippen MR) is 74.4 cm³/mol. The van der Waals surface area contributed by atoms with Gasteiger partial charge in [0.25, 0.3) is 0 Å². The summed E-state index contributed by atoms with van der Waals surface area (Å²) in [7, 11) is 0. The maximum atomic E-state index is 3.29. The van der Waals surface area contributed by atoms with Gasteiger partial charge in [0, 0.05) is 0 Å². The van der Waals surface area contributed by atoms with E-state index >= 15 is 0 Å². The molecule has 0 N–H and O–H groups in total. The van der Waals surface area contributed by atoms with Crippen LogP contribution >= 0.6 is 0 Å². The molecule has 2 aliphatic carbocycles. The minimum absolute atomic E-state index is 0. The maximum absolute atomic E-state index is 3.29. The third-order valence-corrected chi connectivity index (χ3v) is 2.12. The van der Waals surface area contributed by atoms with Crippen molar-refractivity contribution in [2.45, 2.75) is 40.3 Å². The molecule has 0 radical (unpaired) electrons. The fourth-order valence-corrected chi connectivity index (χ4v) is 1.34. The molecule has 4 heteroatoms. The molecule has 0 saturated heterocycles. The van der Waals surface area contributed by atoms with Gasteiger partial charge in [0.2, 0.25) is 0 Å². The first-order valence-corrected chi connectivity index (χ1v) is 12.1. The van der Waals surface area contributed by atoms with Crippen LogP contribution in [0.25, 0.3) is 0 Å². The Hall–Kier alpha value is 0.640. The number of hydrogen-bond donors (Lipinski definition) is 0. The predicted octanol–water partition coefficient (Wildman–Crippen LogP) is -1.57. The standard InChI is InChI=1S/C8H11.C5H5.C2H6Si.2ClH.Zr/c1-6-4-7(2)8(3)5-6;1-2-4-5-3-1;1-3-2;;;/h4,6H,1-3H3;1-3H,4H2;1-2H3;2*1H;/q2*-1;;;;+2/p-2. The van der Waals surface area contributed by atoms with Crippen LogP contribution in [0.1, 0.15) is 27.2 Å². The Balaban J connectivity index is -0.000000206. The molecule has 1 unspecified atom stereocenters. The zero-order chi connectivity index (χ0) is 13.3. The number of halogens is 2. The topological polar surface area (TPSA) is 0 Å². The average Bonchev–Trinajstić information content (AvgIpc) is 2.80. The van der Waals surface area contributed by atoms with Crippen LogP contribution in [0.4, 0.5) is 0 Å². The molecule has 0 aromatic carbocycles. The Bertz CT molecular complexity index is 336. The Labute approximate surface area is 146 Å². The molecule has 2 rings (SSSR count). The molecule has 0 amide bonds. The van der Waals surface area contributed by atoms with Crippen molar-refractivity contribution < 1.29 is 48.1 Å². The zero-order valence-electron chi connectivity index (χ0n) is 12.3. The Kier molecular flexibility index (Phi) is 19.5. The van der Waals surface area contributed by atoms with E-state index in [0.717, 1.165) is 6.42 Å². The normalized spacial score (nSPS) is 17.7.